The van der Waals surface area contributed by atoms with Crippen LogP contribution in [-0.4, -0.2) is 30.0 Å². The summed E-state index contributed by atoms with van der Waals surface area (Å²) in [6, 6.07) is 1.63. The number of carbonyl (C=O) groups is 2. The smallest absolute Gasteiger partial charge is 0.310 e. The molecule has 2 rings (SSSR count). The molecule has 0 bridgehead atoms. The molecule has 1 fully saturated rings. The first-order chi connectivity index (χ1) is 9.63. The van der Waals surface area contributed by atoms with Crippen LogP contribution in [0.1, 0.15) is 48.2 Å². The number of hydrogen-bond acceptors (Lipinski definition) is 3. The molecule has 0 aromatic carbocycles. The van der Waals surface area contributed by atoms with E-state index in [0.717, 1.165) is 37.8 Å². The van der Waals surface area contributed by atoms with Gasteiger partial charge in [0.1, 0.15) is 0 Å². The second-order valence-electron chi connectivity index (χ2n) is 5.36. The molecule has 0 aliphatic heterocycles. The van der Waals surface area contributed by atoms with Crippen LogP contribution in [0.5, 0.6) is 0 Å². The van der Waals surface area contributed by atoms with Gasteiger partial charge in [0, 0.05) is 17.9 Å². The predicted molar refractivity (Wildman–Crippen MR) is 75.4 cm³/mol. The van der Waals surface area contributed by atoms with E-state index in [4.69, 9.17) is 4.74 Å². The third kappa shape index (κ3) is 3.21. The fourth-order valence-corrected chi connectivity index (χ4v) is 2.86. The van der Waals surface area contributed by atoms with Gasteiger partial charge in [0.25, 0.3) is 5.91 Å². The van der Waals surface area contributed by atoms with E-state index in [1.54, 1.807) is 12.3 Å². The summed E-state index contributed by atoms with van der Waals surface area (Å²) in [6.45, 7) is 1.86. The predicted octanol–water partition coefficient (Wildman–Crippen LogP) is 2.17. The zero-order chi connectivity index (χ0) is 14.5. The molecule has 5 nitrogen and oxygen atoms in total. The monoisotopic (exact) mass is 278 g/mol. The number of aryl methyl sites for hydroxylation is 1. The molecule has 1 amide bonds. The van der Waals surface area contributed by atoms with Crippen LogP contribution in [0, 0.1) is 12.8 Å². The molecule has 5 heteroatoms. The molecule has 1 heterocycles. The van der Waals surface area contributed by atoms with Crippen LogP contribution in [-0.2, 0) is 9.53 Å². The summed E-state index contributed by atoms with van der Waals surface area (Å²) in [5, 5.41) is 3.01. The zero-order valence-corrected chi connectivity index (χ0v) is 12.1. The van der Waals surface area contributed by atoms with E-state index >= 15 is 0 Å². The molecule has 1 saturated carbocycles. The van der Waals surface area contributed by atoms with Gasteiger partial charge in [-0.15, -0.1) is 0 Å². The Morgan fingerprint density at radius 2 is 2.05 bits per heavy atom. The standard InChI is InChI=1S/C15H22N2O3/c1-10-11(8-9-16-10)14(18)17-13-7-5-3-4-6-12(13)15(19)20-2/h8-9,12-13,16H,3-7H2,1-2H3,(H,17,18)/t12-,13-/m1/s1. The van der Waals surface area contributed by atoms with Gasteiger partial charge in [-0.1, -0.05) is 19.3 Å². The maximum absolute atomic E-state index is 12.3. The molecule has 110 valence electrons. The lowest BCUT2D eigenvalue weighted by Crippen LogP contribution is -2.43. The Morgan fingerprint density at radius 3 is 2.70 bits per heavy atom. The van der Waals surface area contributed by atoms with Crippen molar-refractivity contribution in [3.8, 4) is 0 Å². The number of esters is 1. The highest BCUT2D eigenvalue weighted by molar-refractivity contribution is 5.95. The average molecular weight is 278 g/mol. The number of amides is 1. The van der Waals surface area contributed by atoms with Crippen molar-refractivity contribution >= 4 is 11.9 Å². The number of H-pyrrole nitrogens is 1. The molecule has 0 unspecified atom stereocenters. The summed E-state index contributed by atoms with van der Waals surface area (Å²) in [5.74, 6) is -0.571. The van der Waals surface area contributed by atoms with Crippen LogP contribution in [0.3, 0.4) is 0 Å². The number of nitrogens with one attached hydrogen (secondary N) is 2. The molecule has 1 aromatic heterocycles. The van der Waals surface area contributed by atoms with Gasteiger partial charge in [-0.25, -0.2) is 0 Å². The lowest BCUT2D eigenvalue weighted by Gasteiger charge is -2.24. The van der Waals surface area contributed by atoms with Gasteiger partial charge >= 0.3 is 5.97 Å². The molecule has 1 aliphatic rings. The first-order valence-electron chi connectivity index (χ1n) is 7.16. The van der Waals surface area contributed by atoms with Gasteiger partial charge in [0.15, 0.2) is 0 Å². The molecular formula is C15H22N2O3. The Labute approximate surface area is 119 Å². The largest absolute Gasteiger partial charge is 0.469 e. The van der Waals surface area contributed by atoms with Crippen molar-refractivity contribution in [2.45, 2.75) is 45.1 Å². The molecule has 2 atom stereocenters. The third-order valence-electron chi connectivity index (χ3n) is 4.03. The number of hydrogen-bond donors (Lipinski definition) is 2. The Hall–Kier alpha value is -1.78. The van der Waals surface area contributed by atoms with E-state index in [2.05, 4.69) is 10.3 Å². The fourth-order valence-electron chi connectivity index (χ4n) is 2.86. The summed E-state index contributed by atoms with van der Waals surface area (Å²) in [5.41, 5.74) is 1.48. The van der Waals surface area contributed by atoms with Crippen LogP contribution in [0.2, 0.25) is 0 Å². The number of ether oxygens (including phenoxy) is 1. The third-order valence-corrected chi connectivity index (χ3v) is 4.03. The Balaban J connectivity index is 2.09. The minimum absolute atomic E-state index is 0.121. The molecule has 1 aliphatic carbocycles. The molecule has 0 saturated heterocycles. The summed E-state index contributed by atoms with van der Waals surface area (Å²) in [7, 11) is 1.41. The number of rotatable bonds is 3. The van der Waals surface area contributed by atoms with Crippen molar-refractivity contribution in [3.63, 3.8) is 0 Å². The topological polar surface area (TPSA) is 71.2 Å². The minimum Gasteiger partial charge on any atom is -0.469 e. The van der Waals surface area contributed by atoms with Gasteiger partial charge in [0.05, 0.1) is 18.6 Å². The van der Waals surface area contributed by atoms with Crippen molar-refractivity contribution in [2.75, 3.05) is 7.11 Å². The highest BCUT2D eigenvalue weighted by Gasteiger charge is 2.31. The van der Waals surface area contributed by atoms with E-state index in [-0.39, 0.29) is 23.8 Å². The van der Waals surface area contributed by atoms with Crippen molar-refractivity contribution < 1.29 is 14.3 Å². The van der Waals surface area contributed by atoms with Gasteiger partial charge < -0.3 is 15.0 Å². The lowest BCUT2D eigenvalue weighted by molar-refractivity contribution is -0.146. The van der Waals surface area contributed by atoms with Crippen LogP contribution >= 0.6 is 0 Å². The quantitative estimate of drug-likeness (QED) is 0.657. The summed E-state index contributed by atoms with van der Waals surface area (Å²) < 4.78 is 4.88. The second kappa shape index (κ2) is 6.59. The molecule has 0 radical (unpaired) electrons. The molecule has 20 heavy (non-hydrogen) atoms. The Bertz CT molecular complexity index is 481. The molecule has 1 aromatic rings. The van der Waals surface area contributed by atoms with E-state index in [1.165, 1.54) is 7.11 Å². The lowest BCUT2D eigenvalue weighted by atomic mass is 9.94. The number of aromatic nitrogens is 1. The maximum atomic E-state index is 12.3. The van der Waals surface area contributed by atoms with Gasteiger partial charge in [-0.05, 0) is 25.8 Å². The Morgan fingerprint density at radius 1 is 1.30 bits per heavy atom. The molecular weight excluding hydrogens is 256 g/mol. The van der Waals surface area contributed by atoms with Crippen LogP contribution in [0.4, 0.5) is 0 Å². The van der Waals surface area contributed by atoms with Crippen molar-refractivity contribution in [1.29, 1.82) is 0 Å². The van der Waals surface area contributed by atoms with E-state index in [0.29, 0.717) is 5.56 Å². The van der Waals surface area contributed by atoms with Gasteiger partial charge in [-0.3, -0.25) is 9.59 Å². The Kier molecular flexibility index (Phi) is 4.82. The number of methoxy groups -OCH3 is 1. The highest BCUT2D eigenvalue weighted by atomic mass is 16.5. The zero-order valence-electron chi connectivity index (χ0n) is 12.1. The van der Waals surface area contributed by atoms with Crippen LogP contribution < -0.4 is 5.32 Å². The van der Waals surface area contributed by atoms with E-state index in [1.807, 2.05) is 6.92 Å². The summed E-state index contributed by atoms with van der Waals surface area (Å²) in [4.78, 5) is 27.2. The second-order valence-corrected chi connectivity index (χ2v) is 5.36. The van der Waals surface area contributed by atoms with Crippen molar-refractivity contribution in [2.24, 2.45) is 5.92 Å². The van der Waals surface area contributed by atoms with Crippen molar-refractivity contribution in [1.82, 2.24) is 10.3 Å². The number of aromatic amines is 1. The maximum Gasteiger partial charge on any atom is 0.310 e. The first-order valence-corrected chi connectivity index (χ1v) is 7.16. The van der Waals surface area contributed by atoms with E-state index < -0.39 is 0 Å². The number of carbonyl (C=O) groups excluding carboxylic acids is 2. The van der Waals surface area contributed by atoms with E-state index in [9.17, 15) is 9.59 Å². The molecule has 0 spiro atoms. The first kappa shape index (κ1) is 14.6. The van der Waals surface area contributed by atoms with Crippen molar-refractivity contribution in [3.05, 3.63) is 23.5 Å². The minimum atomic E-state index is -0.231. The average Bonchev–Trinajstić information content (AvgIpc) is 2.74. The summed E-state index contributed by atoms with van der Waals surface area (Å²) >= 11 is 0. The van der Waals surface area contributed by atoms with Crippen LogP contribution in [0.25, 0.3) is 0 Å². The summed E-state index contributed by atoms with van der Waals surface area (Å²) in [6.07, 6.45) is 6.50. The van der Waals surface area contributed by atoms with Crippen LogP contribution in [0.15, 0.2) is 12.3 Å². The van der Waals surface area contributed by atoms with Gasteiger partial charge in [0.2, 0.25) is 0 Å². The van der Waals surface area contributed by atoms with Gasteiger partial charge in [-0.2, -0.15) is 0 Å². The highest BCUT2D eigenvalue weighted by Crippen LogP contribution is 2.25. The SMILES string of the molecule is COC(=O)[C@@H]1CCCCC[C@H]1NC(=O)c1cc[nH]c1C. The molecule has 2 N–H and O–H groups in total. The fraction of sp³-hybridized carbons (Fsp3) is 0.600. The normalized spacial score (nSPS) is 22.9.